The predicted octanol–water partition coefficient (Wildman–Crippen LogP) is 6.84. The van der Waals surface area contributed by atoms with Crippen LogP contribution in [0, 0.1) is 19.8 Å². The quantitative estimate of drug-likeness (QED) is 0.482. The number of ether oxygens (including phenoxy) is 2. The molecule has 0 heterocycles. The van der Waals surface area contributed by atoms with E-state index >= 15 is 0 Å². The van der Waals surface area contributed by atoms with Crippen LogP contribution in [0.2, 0.25) is 0 Å². The molecule has 0 bridgehead atoms. The maximum Gasteiger partial charge on any atom is 0.121 e. The monoisotopic (exact) mass is 368 g/mol. The molecule has 2 rings (SSSR count). The molecule has 0 aliphatic rings. The highest BCUT2D eigenvalue weighted by Crippen LogP contribution is 2.45. The third-order valence-electron chi connectivity index (χ3n) is 6.20. The van der Waals surface area contributed by atoms with Crippen molar-refractivity contribution in [2.24, 2.45) is 5.92 Å². The molecular weight excluding hydrogens is 332 g/mol. The van der Waals surface area contributed by atoms with Crippen LogP contribution in [0.5, 0.6) is 11.5 Å². The molecule has 0 aromatic heterocycles. The first-order chi connectivity index (χ1) is 12.9. The largest absolute Gasteiger partial charge is 0.496 e. The zero-order valence-electron chi connectivity index (χ0n) is 18.2. The number of hydrogen-bond donors (Lipinski definition) is 0. The molecule has 0 aliphatic heterocycles. The van der Waals surface area contributed by atoms with Crippen LogP contribution in [0.25, 0.3) is 0 Å². The predicted molar refractivity (Wildman–Crippen MR) is 115 cm³/mol. The van der Waals surface area contributed by atoms with Crippen molar-refractivity contribution < 1.29 is 9.47 Å². The van der Waals surface area contributed by atoms with Gasteiger partial charge in [0.25, 0.3) is 0 Å². The Morgan fingerprint density at radius 2 is 1.33 bits per heavy atom. The molecule has 2 nitrogen and oxygen atoms in total. The Bertz CT molecular complexity index is 694. The lowest BCUT2D eigenvalue weighted by Crippen LogP contribution is -2.33. The van der Waals surface area contributed by atoms with Crippen molar-refractivity contribution in [2.45, 2.75) is 65.7 Å². The van der Waals surface area contributed by atoms with Crippen LogP contribution < -0.4 is 9.47 Å². The SMILES string of the molecule is CCCCC(CC)C(C)(c1ccc(OC)c(C)c1)c1ccc(OC)c(C)c1. The van der Waals surface area contributed by atoms with E-state index in [-0.39, 0.29) is 5.41 Å². The summed E-state index contributed by atoms with van der Waals surface area (Å²) in [6, 6.07) is 13.4. The third kappa shape index (κ3) is 4.31. The smallest absolute Gasteiger partial charge is 0.121 e. The minimum atomic E-state index is -0.0437. The van der Waals surface area contributed by atoms with Gasteiger partial charge in [0.2, 0.25) is 0 Å². The van der Waals surface area contributed by atoms with Crippen molar-refractivity contribution in [2.75, 3.05) is 14.2 Å². The maximum absolute atomic E-state index is 5.50. The molecule has 0 radical (unpaired) electrons. The Labute approximate surface area is 165 Å². The molecule has 0 amide bonds. The van der Waals surface area contributed by atoms with Gasteiger partial charge in [0.1, 0.15) is 11.5 Å². The van der Waals surface area contributed by atoms with E-state index in [0.29, 0.717) is 5.92 Å². The average molecular weight is 369 g/mol. The van der Waals surface area contributed by atoms with Gasteiger partial charge in [-0.3, -0.25) is 0 Å². The van der Waals surface area contributed by atoms with Gasteiger partial charge in [0.15, 0.2) is 0 Å². The lowest BCUT2D eigenvalue weighted by Gasteiger charge is -2.39. The van der Waals surface area contributed by atoms with Gasteiger partial charge in [0, 0.05) is 5.41 Å². The van der Waals surface area contributed by atoms with Crippen LogP contribution in [-0.4, -0.2) is 14.2 Å². The minimum Gasteiger partial charge on any atom is -0.496 e. The van der Waals surface area contributed by atoms with E-state index in [2.05, 4.69) is 71.0 Å². The molecule has 0 spiro atoms. The lowest BCUT2D eigenvalue weighted by atomic mass is 9.64. The molecule has 1 unspecified atom stereocenters. The van der Waals surface area contributed by atoms with Crippen molar-refractivity contribution in [3.63, 3.8) is 0 Å². The van der Waals surface area contributed by atoms with Crippen LogP contribution in [0.1, 0.15) is 68.7 Å². The summed E-state index contributed by atoms with van der Waals surface area (Å²) < 4.78 is 11.0. The molecule has 0 saturated heterocycles. The Morgan fingerprint density at radius 1 is 0.852 bits per heavy atom. The molecule has 0 N–H and O–H groups in total. The van der Waals surface area contributed by atoms with Crippen LogP contribution in [0.4, 0.5) is 0 Å². The first kappa shape index (κ1) is 21.3. The van der Waals surface area contributed by atoms with Gasteiger partial charge >= 0.3 is 0 Å². The second-order valence-corrected chi connectivity index (χ2v) is 7.82. The fourth-order valence-corrected chi connectivity index (χ4v) is 4.39. The summed E-state index contributed by atoms with van der Waals surface area (Å²) >= 11 is 0. The molecule has 0 saturated carbocycles. The molecule has 1 atom stereocenters. The van der Waals surface area contributed by atoms with E-state index in [4.69, 9.17) is 9.47 Å². The summed E-state index contributed by atoms with van der Waals surface area (Å²) in [4.78, 5) is 0. The van der Waals surface area contributed by atoms with Crippen LogP contribution in [-0.2, 0) is 5.41 Å². The Morgan fingerprint density at radius 3 is 1.67 bits per heavy atom. The number of hydrogen-bond acceptors (Lipinski definition) is 2. The van der Waals surface area contributed by atoms with Crippen molar-refractivity contribution in [3.05, 3.63) is 58.7 Å². The van der Waals surface area contributed by atoms with E-state index < -0.39 is 0 Å². The Balaban J connectivity index is 2.63. The van der Waals surface area contributed by atoms with E-state index in [0.717, 1.165) is 17.9 Å². The number of rotatable bonds is 9. The van der Waals surface area contributed by atoms with E-state index in [1.807, 2.05) is 0 Å². The van der Waals surface area contributed by atoms with E-state index in [1.54, 1.807) is 14.2 Å². The Hall–Kier alpha value is -1.96. The molecular formula is C25H36O2. The standard InChI is InChI=1S/C25H36O2/c1-8-10-11-20(9-2)25(5,21-12-14-23(26-6)18(3)16-21)22-13-15-24(27-7)19(4)17-22/h12-17,20H,8-11H2,1-7H3. The Kier molecular flexibility index (Phi) is 7.35. The zero-order valence-corrected chi connectivity index (χ0v) is 18.2. The molecule has 0 fully saturated rings. The molecule has 2 aromatic rings. The summed E-state index contributed by atoms with van der Waals surface area (Å²) in [6.45, 7) is 11.3. The zero-order chi connectivity index (χ0) is 20.0. The molecule has 27 heavy (non-hydrogen) atoms. The third-order valence-corrected chi connectivity index (χ3v) is 6.20. The van der Waals surface area contributed by atoms with Gasteiger partial charge < -0.3 is 9.47 Å². The summed E-state index contributed by atoms with van der Waals surface area (Å²) in [5, 5.41) is 0. The topological polar surface area (TPSA) is 18.5 Å². The number of methoxy groups -OCH3 is 2. The molecule has 0 aliphatic carbocycles. The van der Waals surface area contributed by atoms with Crippen molar-refractivity contribution in [1.82, 2.24) is 0 Å². The van der Waals surface area contributed by atoms with Gasteiger partial charge in [-0.2, -0.15) is 0 Å². The average Bonchev–Trinajstić information content (AvgIpc) is 2.68. The first-order valence-corrected chi connectivity index (χ1v) is 10.2. The van der Waals surface area contributed by atoms with Crippen molar-refractivity contribution >= 4 is 0 Å². The minimum absolute atomic E-state index is 0.0437. The van der Waals surface area contributed by atoms with Crippen LogP contribution in [0.3, 0.4) is 0 Å². The number of unbranched alkanes of at least 4 members (excludes halogenated alkanes) is 1. The summed E-state index contributed by atoms with van der Waals surface area (Å²) in [5.41, 5.74) is 5.08. The van der Waals surface area contributed by atoms with Gasteiger partial charge in [-0.15, -0.1) is 0 Å². The molecule has 2 heteroatoms. The second kappa shape index (κ2) is 9.30. The van der Waals surface area contributed by atoms with Crippen LogP contribution in [0.15, 0.2) is 36.4 Å². The number of benzene rings is 2. The summed E-state index contributed by atoms with van der Waals surface area (Å²) in [7, 11) is 3.48. The van der Waals surface area contributed by atoms with Crippen LogP contribution >= 0.6 is 0 Å². The summed E-state index contributed by atoms with van der Waals surface area (Å²) in [6.07, 6.45) is 4.89. The molecule has 148 valence electrons. The van der Waals surface area contributed by atoms with Gasteiger partial charge in [-0.25, -0.2) is 0 Å². The van der Waals surface area contributed by atoms with Gasteiger partial charge in [-0.1, -0.05) is 64.3 Å². The lowest BCUT2D eigenvalue weighted by molar-refractivity contribution is 0.305. The van der Waals surface area contributed by atoms with Crippen molar-refractivity contribution in [1.29, 1.82) is 0 Å². The summed E-state index contributed by atoms with van der Waals surface area (Å²) in [5.74, 6) is 2.49. The van der Waals surface area contributed by atoms with Crippen molar-refractivity contribution in [3.8, 4) is 11.5 Å². The normalized spacial score (nSPS) is 12.7. The fraction of sp³-hybridized carbons (Fsp3) is 0.520. The van der Waals surface area contributed by atoms with E-state index in [1.165, 1.54) is 41.5 Å². The first-order valence-electron chi connectivity index (χ1n) is 10.2. The highest BCUT2D eigenvalue weighted by molar-refractivity contribution is 5.48. The maximum atomic E-state index is 5.50. The highest BCUT2D eigenvalue weighted by atomic mass is 16.5. The van der Waals surface area contributed by atoms with E-state index in [9.17, 15) is 0 Å². The van der Waals surface area contributed by atoms with Gasteiger partial charge in [0.05, 0.1) is 14.2 Å². The highest BCUT2D eigenvalue weighted by Gasteiger charge is 2.37. The number of aryl methyl sites for hydroxylation is 2. The molecule has 2 aromatic carbocycles. The van der Waals surface area contributed by atoms with Gasteiger partial charge in [-0.05, 0) is 60.6 Å². The second-order valence-electron chi connectivity index (χ2n) is 7.82. The fourth-order valence-electron chi connectivity index (χ4n) is 4.39.